The summed E-state index contributed by atoms with van der Waals surface area (Å²) in [5, 5.41) is 5.64. The summed E-state index contributed by atoms with van der Waals surface area (Å²) in [5.41, 5.74) is 8.99. The van der Waals surface area contributed by atoms with Crippen LogP contribution < -0.4 is 21.3 Å². The number of nitrogens with zero attached hydrogens (tertiary/aromatic N) is 1. The lowest BCUT2D eigenvalue weighted by molar-refractivity contribution is -0.114. The number of nitrogens with one attached hydrogen (secondary N) is 2. The lowest BCUT2D eigenvalue weighted by Crippen LogP contribution is -2.26. The van der Waals surface area contributed by atoms with Crippen molar-refractivity contribution in [3.05, 3.63) is 53.6 Å². The molecule has 1 aliphatic heterocycles. The number of carbonyl (C=O) groups excluding carboxylic acids is 1. The number of benzene rings is 2. The van der Waals surface area contributed by atoms with Gasteiger partial charge in [0.1, 0.15) is 0 Å². The minimum Gasteiger partial charge on any atom is -0.376 e. The minimum absolute atomic E-state index is 0.0523. The zero-order chi connectivity index (χ0) is 18.7. The lowest BCUT2D eigenvalue weighted by Gasteiger charge is -2.20. The van der Waals surface area contributed by atoms with Gasteiger partial charge in [-0.25, -0.2) is 8.78 Å². The van der Waals surface area contributed by atoms with Gasteiger partial charge in [-0.1, -0.05) is 6.07 Å². The molecule has 1 fully saturated rings. The maximum Gasteiger partial charge on any atom is 0.243 e. The topological polar surface area (TPSA) is 70.4 Å². The molecule has 1 atom stereocenters. The normalized spacial score (nSPS) is 16.6. The zero-order valence-electron chi connectivity index (χ0n) is 14.6. The van der Waals surface area contributed by atoms with Crippen LogP contribution in [0.2, 0.25) is 0 Å². The van der Waals surface area contributed by atoms with Crippen LogP contribution in [0.1, 0.15) is 12.0 Å². The summed E-state index contributed by atoms with van der Waals surface area (Å²) < 4.78 is 26.1. The quantitative estimate of drug-likeness (QED) is 0.767. The van der Waals surface area contributed by atoms with Crippen LogP contribution in [0.5, 0.6) is 0 Å². The van der Waals surface area contributed by atoms with Gasteiger partial charge in [-0.2, -0.15) is 0 Å². The third-order valence-electron chi connectivity index (χ3n) is 4.46. The van der Waals surface area contributed by atoms with Crippen LogP contribution in [-0.2, 0) is 4.79 Å². The first kappa shape index (κ1) is 18.1. The molecule has 26 heavy (non-hydrogen) atoms. The number of hydrogen-bond donors (Lipinski definition) is 3. The number of halogens is 2. The van der Waals surface area contributed by atoms with Crippen LogP contribution in [0, 0.1) is 18.6 Å². The highest BCUT2D eigenvalue weighted by Crippen LogP contribution is 2.26. The van der Waals surface area contributed by atoms with Crippen LogP contribution in [0.4, 0.5) is 25.8 Å². The van der Waals surface area contributed by atoms with Crippen molar-refractivity contribution in [1.82, 2.24) is 0 Å². The lowest BCUT2D eigenvalue weighted by atomic mass is 10.1. The van der Waals surface area contributed by atoms with E-state index in [9.17, 15) is 13.6 Å². The summed E-state index contributed by atoms with van der Waals surface area (Å²) in [7, 11) is 0. The average molecular weight is 360 g/mol. The third-order valence-corrected chi connectivity index (χ3v) is 4.46. The number of anilines is 3. The van der Waals surface area contributed by atoms with Crippen molar-refractivity contribution >= 4 is 23.0 Å². The average Bonchev–Trinajstić information content (AvgIpc) is 3.04. The Kier molecular flexibility index (Phi) is 5.37. The molecule has 0 aliphatic carbocycles. The van der Waals surface area contributed by atoms with Crippen molar-refractivity contribution in [3.63, 3.8) is 0 Å². The van der Waals surface area contributed by atoms with Crippen molar-refractivity contribution in [1.29, 1.82) is 0 Å². The fourth-order valence-electron chi connectivity index (χ4n) is 2.95. The highest BCUT2D eigenvalue weighted by atomic mass is 19.2. The van der Waals surface area contributed by atoms with Crippen LogP contribution in [0.25, 0.3) is 0 Å². The van der Waals surface area contributed by atoms with E-state index in [4.69, 9.17) is 5.73 Å². The Morgan fingerprint density at radius 1 is 1.23 bits per heavy atom. The highest BCUT2D eigenvalue weighted by molar-refractivity contribution is 5.95. The summed E-state index contributed by atoms with van der Waals surface area (Å²) in [4.78, 5) is 14.4. The number of hydrogen-bond acceptors (Lipinski definition) is 4. The van der Waals surface area contributed by atoms with E-state index < -0.39 is 11.6 Å². The van der Waals surface area contributed by atoms with E-state index in [0.717, 1.165) is 48.6 Å². The zero-order valence-corrected chi connectivity index (χ0v) is 14.6. The molecule has 5 nitrogen and oxygen atoms in total. The Hall–Kier alpha value is -2.67. The van der Waals surface area contributed by atoms with E-state index in [1.807, 2.05) is 25.1 Å². The Labute approximate surface area is 151 Å². The molecule has 4 N–H and O–H groups in total. The first-order valence-corrected chi connectivity index (χ1v) is 8.52. The molecule has 3 rings (SSSR count). The summed E-state index contributed by atoms with van der Waals surface area (Å²) in [6, 6.07) is 9.50. The molecule has 2 aromatic rings. The second-order valence-corrected chi connectivity index (χ2v) is 6.52. The van der Waals surface area contributed by atoms with E-state index in [1.165, 1.54) is 6.07 Å². The van der Waals surface area contributed by atoms with Gasteiger partial charge in [-0.15, -0.1) is 0 Å². The number of aryl methyl sites for hydroxylation is 1. The van der Waals surface area contributed by atoms with Gasteiger partial charge in [0.25, 0.3) is 0 Å². The first-order chi connectivity index (χ1) is 12.4. The second-order valence-electron chi connectivity index (χ2n) is 6.52. The Balaban J connectivity index is 1.62. The summed E-state index contributed by atoms with van der Waals surface area (Å²) >= 11 is 0. The molecule has 7 heteroatoms. The van der Waals surface area contributed by atoms with E-state index in [1.54, 1.807) is 0 Å². The molecule has 138 valence electrons. The second kappa shape index (κ2) is 7.70. The largest absolute Gasteiger partial charge is 0.376 e. The summed E-state index contributed by atoms with van der Waals surface area (Å²) in [6.45, 7) is 3.56. The van der Waals surface area contributed by atoms with E-state index >= 15 is 0 Å². The van der Waals surface area contributed by atoms with Crippen LogP contribution in [0.15, 0.2) is 36.4 Å². The molecule has 1 heterocycles. The van der Waals surface area contributed by atoms with Gasteiger partial charge in [0.2, 0.25) is 5.91 Å². The van der Waals surface area contributed by atoms with Crippen molar-refractivity contribution in [2.45, 2.75) is 19.4 Å². The standard InChI is InChI=1S/C19H22F2N4O/c1-12-2-4-15(25-7-6-13(22)11-25)9-18(12)24-19(26)10-23-14-3-5-16(20)17(21)8-14/h2-5,8-9,13,23H,6-7,10-11,22H2,1H3,(H,24,26). The molecule has 0 radical (unpaired) electrons. The van der Waals surface area contributed by atoms with Crippen molar-refractivity contribution < 1.29 is 13.6 Å². The predicted octanol–water partition coefficient (Wildman–Crippen LogP) is 2.86. The van der Waals surface area contributed by atoms with Gasteiger partial charge in [-0.3, -0.25) is 4.79 Å². The molecule has 0 aromatic heterocycles. The highest BCUT2D eigenvalue weighted by Gasteiger charge is 2.20. The Bertz CT molecular complexity index is 812. The van der Waals surface area contributed by atoms with Crippen LogP contribution >= 0.6 is 0 Å². The molecule has 2 aromatic carbocycles. The van der Waals surface area contributed by atoms with Gasteiger partial charge >= 0.3 is 0 Å². The van der Waals surface area contributed by atoms with Gasteiger partial charge in [0.05, 0.1) is 6.54 Å². The molecule has 0 saturated carbocycles. The molecule has 0 bridgehead atoms. The number of amides is 1. The maximum atomic E-state index is 13.2. The molecule has 1 amide bonds. The number of rotatable bonds is 5. The maximum absolute atomic E-state index is 13.2. The molecule has 1 unspecified atom stereocenters. The van der Waals surface area contributed by atoms with Crippen LogP contribution in [0.3, 0.4) is 0 Å². The van der Waals surface area contributed by atoms with Gasteiger partial charge < -0.3 is 21.3 Å². The predicted molar refractivity (Wildman–Crippen MR) is 99.5 cm³/mol. The molecule has 1 aliphatic rings. The molecular formula is C19H22F2N4O. The monoisotopic (exact) mass is 360 g/mol. The fraction of sp³-hybridized carbons (Fsp3) is 0.316. The van der Waals surface area contributed by atoms with Gasteiger partial charge in [-0.05, 0) is 43.2 Å². The molecular weight excluding hydrogens is 338 g/mol. The summed E-state index contributed by atoms with van der Waals surface area (Å²) in [5.74, 6) is -2.15. The smallest absolute Gasteiger partial charge is 0.243 e. The minimum atomic E-state index is -0.956. The Morgan fingerprint density at radius 2 is 2.04 bits per heavy atom. The van der Waals surface area contributed by atoms with E-state index in [-0.39, 0.29) is 18.5 Å². The SMILES string of the molecule is Cc1ccc(N2CCC(N)C2)cc1NC(=O)CNc1ccc(F)c(F)c1. The summed E-state index contributed by atoms with van der Waals surface area (Å²) in [6.07, 6.45) is 0.952. The van der Waals surface area contributed by atoms with E-state index in [0.29, 0.717) is 5.69 Å². The van der Waals surface area contributed by atoms with Crippen molar-refractivity contribution in [2.75, 3.05) is 35.2 Å². The third kappa shape index (κ3) is 4.29. The van der Waals surface area contributed by atoms with Gasteiger partial charge in [0.15, 0.2) is 11.6 Å². The van der Waals surface area contributed by atoms with Crippen LogP contribution in [-0.4, -0.2) is 31.6 Å². The van der Waals surface area contributed by atoms with E-state index in [2.05, 4.69) is 15.5 Å². The first-order valence-electron chi connectivity index (χ1n) is 8.52. The number of carbonyl (C=O) groups is 1. The Morgan fingerprint density at radius 3 is 2.73 bits per heavy atom. The van der Waals surface area contributed by atoms with Crippen molar-refractivity contribution in [3.8, 4) is 0 Å². The molecule has 0 spiro atoms. The van der Waals surface area contributed by atoms with Gasteiger partial charge in [0, 0.05) is 42.3 Å². The number of nitrogens with two attached hydrogens (primary N) is 1. The fourth-order valence-corrected chi connectivity index (χ4v) is 2.95. The molecule has 1 saturated heterocycles. The van der Waals surface area contributed by atoms with Crippen molar-refractivity contribution in [2.24, 2.45) is 5.73 Å².